The van der Waals surface area contributed by atoms with Crippen LogP contribution in [0, 0.1) is 23.5 Å². The predicted molar refractivity (Wildman–Crippen MR) is 140 cm³/mol. The number of aromatic nitrogens is 4. The molecule has 0 spiro atoms. The Balaban J connectivity index is 1.25. The number of amides is 1. The molecule has 11 heteroatoms. The molecule has 0 radical (unpaired) electrons. The van der Waals surface area contributed by atoms with Crippen LogP contribution in [0.25, 0.3) is 10.9 Å². The third-order valence-electron chi connectivity index (χ3n) is 6.25. The summed E-state index contributed by atoms with van der Waals surface area (Å²) >= 11 is 0. The molecule has 39 heavy (non-hydrogen) atoms. The highest BCUT2D eigenvalue weighted by Gasteiger charge is 2.16. The normalized spacial score (nSPS) is 13.5. The number of carbonyl (C=O) groups is 1. The topological polar surface area (TPSA) is 111 Å². The number of hydrogen-bond donors (Lipinski definition) is 2. The maximum Gasteiger partial charge on any atom is 0.266 e. The van der Waals surface area contributed by atoms with Gasteiger partial charge in [-0.15, -0.1) is 0 Å². The van der Waals surface area contributed by atoms with Crippen molar-refractivity contribution >= 4 is 22.6 Å². The van der Waals surface area contributed by atoms with Crippen molar-refractivity contribution in [2.75, 3.05) is 25.1 Å². The summed E-state index contributed by atoms with van der Waals surface area (Å²) in [6, 6.07) is 9.19. The molecule has 0 unspecified atom stereocenters. The molecule has 2 aromatic carbocycles. The summed E-state index contributed by atoms with van der Waals surface area (Å²) in [5.74, 6) is 3.99. The van der Waals surface area contributed by atoms with Gasteiger partial charge in [-0.3, -0.25) is 14.2 Å². The van der Waals surface area contributed by atoms with Gasteiger partial charge in [-0.1, -0.05) is 17.9 Å². The summed E-state index contributed by atoms with van der Waals surface area (Å²) in [6.07, 6.45) is 5.71. The van der Waals surface area contributed by atoms with Crippen LogP contribution in [0.1, 0.15) is 34.3 Å². The van der Waals surface area contributed by atoms with E-state index in [0.717, 1.165) is 58.0 Å². The number of rotatable bonds is 6. The van der Waals surface area contributed by atoms with Crippen LogP contribution in [0.4, 0.5) is 14.6 Å². The molecule has 0 saturated carbocycles. The summed E-state index contributed by atoms with van der Waals surface area (Å²) in [4.78, 5) is 38.0. The molecule has 0 atom stereocenters. The zero-order valence-corrected chi connectivity index (χ0v) is 20.8. The van der Waals surface area contributed by atoms with Crippen LogP contribution in [-0.4, -0.2) is 51.2 Å². The van der Waals surface area contributed by atoms with Gasteiger partial charge in [0.1, 0.15) is 17.7 Å². The molecular weight excluding hydrogens is 506 g/mol. The van der Waals surface area contributed by atoms with E-state index < -0.39 is 23.1 Å². The molecule has 0 aliphatic carbocycles. The Kier molecular flexibility index (Phi) is 7.84. The Morgan fingerprint density at radius 1 is 1.10 bits per heavy atom. The number of ether oxygens (including phenoxy) is 1. The minimum Gasteiger partial charge on any atom is -0.381 e. The molecule has 5 rings (SSSR count). The summed E-state index contributed by atoms with van der Waals surface area (Å²) in [5, 5.41) is 6.91. The van der Waals surface area contributed by atoms with E-state index in [1.54, 1.807) is 0 Å². The number of nitrogens with zero attached hydrogens (tertiary/aromatic N) is 4. The highest BCUT2D eigenvalue weighted by molar-refractivity contribution is 5.93. The zero-order valence-electron chi connectivity index (χ0n) is 20.8. The van der Waals surface area contributed by atoms with Gasteiger partial charge in [-0.25, -0.2) is 23.7 Å². The number of carbonyl (C=O) groups excluding carboxylic acids is 1. The van der Waals surface area contributed by atoms with Crippen molar-refractivity contribution in [3.8, 4) is 11.8 Å². The van der Waals surface area contributed by atoms with Crippen LogP contribution >= 0.6 is 0 Å². The van der Waals surface area contributed by atoms with E-state index in [-0.39, 0.29) is 24.7 Å². The summed E-state index contributed by atoms with van der Waals surface area (Å²) in [5.41, 5.74) is 1.06. The largest absolute Gasteiger partial charge is 0.381 e. The fraction of sp³-hybridized carbons (Fsp3) is 0.250. The van der Waals surface area contributed by atoms with Crippen LogP contribution in [0.2, 0.25) is 0 Å². The minimum atomic E-state index is -1.02. The minimum absolute atomic E-state index is 0.00709. The Labute approximate surface area is 222 Å². The number of nitrogens with one attached hydrogen (secondary N) is 2. The standard InChI is InChI=1S/C28H24F2N6O3/c29-23-5-3-19(13-24(23)30)15-36-17-31-14-22(28(36)38)27(37)32-9-1-2-18-4-6-25-21(12-18)26(34-16-33-25)35-20-7-10-39-11-8-20/h3-6,12-14,16-17,20H,7-11,15H2,(H,32,37)(H,33,34,35). The first-order chi connectivity index (χ1) is 19.0. The van der Waals surface area contributed by atoms with Crippen molar-refractivity contribution in [3.05, 3.63) is 93.9 Å². The first kappa shape index (κ1) is 25.9. The van der Waals surface area contributed by atoms with Crippen molar-refractivity contribution < 1.29 is 18.3 Å². The van der Waals surface area contributed by atoms with E-state index in [4.69, 9.17) is 4.74 Å². The summed E-state index contributed by atoms with van der Waals surface area (Å²) in [7, 11) is 0. The quantitative estimate of drug-likeness (QED) is 0.369. The molecule has 1 aliphatic heterocycles. The van der Waals surface area contributed by atoms with Gasteiger partial charge in [0.2, 0.25) is 0 Å². The number of benzene rings is 2. The molecule has 198 valence electrons. The average Bonchev–Trinajstić information content (AvgIpc) is 2.95. The van der Waals surface area contributed by atoms with E-state index in [1.807, 2.05) is 18.2 Å². The molecule has 1 saturated heterocycles. The third-order valence-corrected chi connectivity index (χ3v) is 6.25. The van der Waals surface area contributed by atoms with Gasteiger partial charge >= 0.3 is 0 Å². The van der Waals surface area contributed by atoms with Crippen molar-refractivity contribution in [2.45, 2.75) is 25.4 Å². The monoisotopic (exact) mass is 530 g/mol. The second-order valence-corrected chi connectivity index (χ2v) is 8.96. The third kappa shape index (κ3) is 6.25. The van der Waals surface area contributed by atoms with Crippen LogP contribution in [0.3, 0.4) is 0 Å². The lowest BCUT2D eigenvalue weighted by Crippen LogP contribution is -2.33. The number of halogens is 2. The Hall–Kier alpha value is -4.69. The van der Waals surface area contributed by atoms with Crippen LogP contribution in [-0.2, 0) is 11.3 Å². The Morgan fingerprint density at radius 3 is 2.77 bits per heavy atom. The van der Waals surface area contributed by atoms with Crippen molar-refractivity contribution in [1.82, 2.24) is 24.8 Å². The van der Waals surface area contributed by atoms with Crippen LogP contribution in [0.5, 0.6) is 0 Å². The van der Waals surface area contributed by atoms with Gasteiger partial charge in [-0.2, -0.15) is 0 Å². The van der Waals surface area contributed by atoms with E-state index >= 15 is 0 Å². The SMILES string of the molecule is O=C(NCC#Cc1ccc2ncnc(NC3CCOCC3)c2c1)c1cncn(Cc2ccc(F)c(F)c2)c1=O. The maximum atomic E-state index is 13.5. The van der Waals surface area contributed by atoms with Gasteiger partial charge in [0, 0.05) is 36.4 Å². The van der Waals surface area contributed by atoms with E-state index in [9.17, 15) is 18.4 Å². The molecule has 1 fully saturated rings. The second-order valence-electron chi connectivity index (χ2n) is 8.96. The number of anilines is 1. The first-order valence-electron chi connectivity index (χ1n) is 12.3. The van der Waals surface area contributed by atoms with Gasteiger partial charge in [0.05, 0.1) is 24.9 Å². The fourth-order valence-electron chi connectivity index (χ4n) is 4.20. The highest BCUT2D eigenvalue weighted by atomic mass is 19.2. The van der Waals surface area contributed by atoms with Crippen molar-refractivity contribution in [3.63, 3.8) is 0 Å². The fourth-order valence-corrected chi connectivity index (χ4v) is 4.20. The molecule has 0 bridgehead atoms. The zero-order chi connectivity index (χ0) is 27.2. The summed E-state index contributed by atoms with van der Waals surface area (Å²) in [6.45, 7) is 1.35. The van der Waals surface area contributed by atoms with Gasteiger partial charge < -0.3 is 15.4 Å². The van der Waals surface area contributed by atoms with E-state index in [1.165, 1.54) is 18.7 Å². The number of hydrogen-bond acceptors (Lipinski definition) is 7. The summed E-state index contributed by atoms with van der Waals surface area (Å²) < 4.78 is 33.3. The molecule has 1 amide bonds. The molecule has 4 aromatic rings. The molecule has 2 aromatic heterocycles. The molecule has 1 aliphatic rings. The highest BCUT2D eigenvalue weighted by Crippen LogP contribution is 2.23. The van der Waals surface area contributed by atoms with Gasteiger partial charge in [0.15, 0.2) is 11.6 Å². The molecule has 2 N–H and O–H groups in total. The lowest BCUT2D eigenvalue weighted by atomic mass is 10.1. The Bertz CT molecular complexity index is 1640. The molecular formula is C28H24F2N6O3. The molecule has 9 nitrogen and oxygen atoms in total. The van der Waals surface area contributed by atoms with Crippen molar-refractivity contribution in [1.29, 1.82) is 0 Å². The Morgan fingerprint density at radius 2 is 1.95 bits per heavy atom. The van der Waals surface area contributed by atoms with E-state index in [0.29, 0.717) is 18.8 Å². The maximum absolute atomic E-state index is 13.5. The van der Waals surface area contributed by atoms with Crippen LogP contribution < -0.4 is 16.2 Å². The lowest BCUT2D eigenvalue weighted by molar-refractivity contribution is 0.0904. The van der Waals surface area contributed by atoms with Gasteiger partial charge in [-0.05, 0) is 48.7 Å². The lowest BCUT2D eigenvalue weighted by Gasteiger charge is -2.24. The first-order valence-corrected chi connectivity index (χ1v) is 12.3. The average molecular weight is 531 g/mol. The second kappa shape index (κ2) is 11.8. The smallest absolute Gasteiger partial charge is 0.266 e. The van der Waals surface area contributed by atoms with E-state index in [2.05, 4.69) is 37.4 Å². The molecule has 3 heterocycles. The number of fused-ring (bicyclic) bond motifs is 1. The van der Waals surface area contributed by atoms with Crippen LogP contribution in [0.15, 0.2) is 60.0 Å². The van der Waals surface area contributed by atoms with Crippen molar-refractivity contribution in [2.24, 2.45) is 0 Å². The van der Waals surface area contributed by atoms with Gasteiger partial charge in [0.25, 0.3) is 11.5 Å². The predicted octanol–water partition coefficient (Wildman–Crippen LogP) is 2.89.